The Morgan fingerprint density at radius 2 is 1.78 bits per heavy atom. The first-order valence-corrected chi connectivity index (χ1v) is 3.63. The summed E-state index contributed by atoms with van der Waals surface area (Å²) in [4.78, 5) is -0.757. The Morgan fingerprint density at radius 1 is 1.33 bits per heavy atom. The minimum atomic E-state index is -0.826. The van der Waals surface area contributed by atoms with Gasteiger partial charge in [-0.1, -0.05) is 0 Å². The summed E-state index contributed by atoms with van der Waals surface area (Å²) in [6.45, 7) is 3.80. The number of hydrogen-bond donors (Lipinski definition) is 2. The summed E-state index contributed by atoms with van der Waals surface area (Å²) in [7, 11) is 0. The zero-order valence-corrected chi connectivity index (χ0v) is 6.95. The third-order valence-electron chi connectivity index (χ3n) is 0.743. The lowest BCUT2D eigenvalue weighted by atomic mass is 10.4. The molecule has 0 heterocycles. The van der Waals surface area contributed by atoms with Crippen LogP contribution in [0.25, 0.3) is 0 Å². The van der Waals surface area contributed by atoms with Crippen LogP contribution in [0, 0.1) is 0 Å². The second-order valence-corrected chi connectivity index (χ2v) is 3.26. The molecule has 0 aromatic carbocycles. The summed E-state index contributed by atoms with van der Waals surface area (Å²) >= 11 is 10.7. The van der Waals surface area contributed by atoms with Crippen molar-refractivity contribution in [1.82, 2.24) is 5.32 Å². The maximum absolute atomic E-state index is 8.92. The maximum atomic E-state index is 8.92. The fourth-order valence-electron chi connectivity index (χ4n) is 0.414. The third-order valence-corrected chi connectivity index (χ3v) is 1.22. The van der Waals surface area contributed by atoms with E-state index in [0.29, 0.717) is 0 Å². The minimum Gasteiger partial charge on any atom is -0.376 e. The number of nitrogens with one attached hydrogen (secondary N) is 1. The van der Waals surface area contributed by atoms with Gasteiger partial charge in [0.2, 0.25) is 0 Å². The first-order valence-electron chi connectivity index (χ1n) is 2.76. The van der Waals surface area contributed by atoms with Gasteiger partial charge in [-0.25, -0.2) is 0 Å². The molecule has 1 atom stereocenters. The lowest BCUT2D eigenvalue weighted by Crippen LogP contribution is -2.38. The topological polar surface area (TPSA) is 32.3 Å². The van der Waals surface area contributed by atoms with Crippen LogP contribution in [0.15, 0.2) is 0 Å². The molecule has 0 aromatic rings. The molecule has 2 nitrogen and oxygen atoms in total. The van der Waals surface area contributed by atoms with Crippen LogP contribution in [0.5, 0.6) is 0 Å². The molecule has 0 bridgehead atoms. The van der Waals surface area contributed by atoms with Gasteiger partial charge >= 0.3 is 0 Å². The highest BCUT2D eigenvalue weighted by Crippen LogP contribution is 2.05. The lowest BCUT2D eigenvalue weighted by Gasteiger charge is -2.15. The van der Waals surface area contributed by atoms with Crippen LogP contribution in [0.2, 0.25) is 0 Å². The van der Waals surface area contributed by atoms with Crippen molar-refractivity contribution in [2.24, 2.45) is 0 Å². The first-order chi connectivity index (χ1) is 4.04. The van der Waals surface area contributed by atoms with Crippen molar-refractivity contribution in [3.05, 3.63) is 0 Å². The molecule has 0 radical (unpaired) electrons. The molecule has 0 aliphatic heterocycles. The highest BCUT2D eigenvalue weighted by molar-refractivity contribution is 6.44. The number of aliphatic hydroxyl groups is 1. The summed E-state index contributed by atoms with van der Waals surface area (Å²) in [6.07, 6.45) is -0.826. The second kappa shape index (κ2) is 4.34. The Balaban J connectivity index is 3.38. The fraction of sp³-hybridized carbons (Fsp3) is 1.00. The predicted octanol–water partition coefficient (Wildman–Crippen LogP) is 1.11. The number of halogens is 2. The van der Waals surface area contributed by atoms with E-state index >= 15 is 0 Å². The van der Waals surface area contributed by atoms with Crippen molar-refractivity contribution in [2.75, 3.05) is 0 Å². The van der Waals surface area contributed by atoms with Crippen LogP contribution < -0.4 is 5.32 Å². The van der Waals surface area contributed by atoms with E-state index in [0.717, 1.165) is 0 Å². The van der Waals surface area contributed by atoms with Crippen molar-refractivity contribution >= 4 is 23.2 Å². The number of alkyl halides is 2. The molecule has 0 rings (SSSR count). The van der Waals surface area contributed by atoms with E-state index in [-0.39, 0.29) is 6.04 Å². The molecule has 56 valence electrons. The second-order valence-electron chi connectivity index (χ2n) is 2.10. The number of aliphatic hydroxyl groups excluding tert-OH is 1. The molecule has 9 heavy (non-hydrogen) atoms. The van der Waals surface area contributed by atoms with Crippen LogP contribution in [-0.4, -0.2) is 22.2 Å². The van der Waals surface area contributed by atoms with E-state index in [4.69, 9.17) is 28.3 Å². The number of hydrogen-bond acceptors (Lipinski definition) is 2. The van der Waals surface area contributed by atoms with Crippen molar-refractivity contribution in [3.8, 4) is 0 Å². The summed E-state index contributed by atoms with van der Waals surface area (Å²) < 4.78 is 0. The summed E-state index contributed by atoms with van der Waals surface area (Å²) in [5.74, 6) is 0. The molecule has 0 fully saturated rings. The van der Waals surface area contributed by atoms with Crippen molar-refractivity contribution < 1.29 is 5.11 Å². The summed E-state index contributed by atoms with van der Waals surface area (Å²) in [6, 6.07) is 0.194. The minimum absolute atomic E-state index is 0.194. The van der Waals surface area contributed by atoms with E-state index in [2.05, 4.69) is 5.32 Å². The van der Waals surface area contributed by atoms with Crippen LogP contribution in [-0.2, 0) is 0 Å². The Bertz CT molecular complexity index is 77.4. The largest absolute Gasteiger partial charge is 0.376 e. The van der Waals surface area contributed by atoms with Crippen LogP contribution >= 0.6 is 23.2 Å². The molecular weight excluding hydrogens is 161 g/mol. The average Bonchev–Trinajstić information content (AvgIpc) is 1.63. The van der Waals surface area contributed by atoms with Gasteiger partial charge in [0.1, 0.15) is 11.1 Å². The van der Waals surface area contributed by atoms with Crippen molar-refractivity contribution in [2.45, 2.75) is 31.0 Å². The Morgan fingerprint density at radius 3 is 1.89 bits per heavy atom. The molecule has 0 aromatic heterocycles. The Labute approximate surface area is 65.1 Å². The lowest BCUT2D eigenvalue weighted by molar-refractivity contribution is 0.140. The molecule has 1 unspecified atom stereocenters. The van der Waals surface area contributed by atoms with Crippen molar-refractivity contribution in [3.63, 3.8) is 0 Å². The van der Waals surface area contributed by atoms with Crippen LogP contribution in [0.3, 0.4) is 0 Å². The fourth-order valence-corrected chi connectivity index (χ4v) is 0.560. The van der Waals surface area contributed by atoms with E-state index in [1.54, 1.807) is 0 Å². The Kier molecular flexibility index (Phi) is 4.58. The average molecular weight is 172 g/mol. The first kappa shape index (κ1) is 9.50. The monoisotopic (exact) mass is 171 g/mol. The molecule has 4 heteroatoms. The number of rotatable bonds is 3. The highest BCUT2D eigenvalue weighted by Gasteiger charge is 2.12. The standard InChI is InChI=1S/C5H11Cl2NO/c1-3(2)8-5(9)4(6)7/h3-5,8-9H,1-2H3. The molecule has 2 N–H and O–H groups in total. The summed E-state index contributed by atoms with van der Waals surface area (Å²) in [5, 5.41) is 11.7. The van der Waals surface area contributed by atoms with Gasteiger partial charge in [-0.05, 0) is 13.8 Å². The van der Waals surface area contributed by atoms with Crippen LogP contribution in [0.1, 0.15) is 13.8 Å². The smallest absolute Gasteiger partial charge is 0.146 e. The maximum Gasteiger partial charge on any atom is 0.146 e. The molecular formula is C5H11Cl2NO. The van der Waals surface area contributed by atoms with E-state index in [1.165, 1.54) is 0 Å². The normalized spacial score (nSPS) is 15.0. The van der Waals surface area contributed by atoms with E-state index in [9.17, 15) is 0 Å². The van der Waals surface area contributed by atoms with Gasteiger partial charge in [-0.2, -0.15) is 0 Å². The van der Waals surface area contributed by atoms with E-state index in [1.807, 2.05) is 13.8 Å². The summed E-state index contributed by atoms with van der Waals surface area (Å²) in [5.41, 5.74) is 0. The highest BCUT2D eigenvalue weighted by atomic mass is 35.5. The van der Waals surface area contributed by atoms with Gasteiger partial charge in [0.15, 0.2) is 0 Å². The predicted molar refractivity (Wildman–Crippen MR) is 39.8 cm³/mol. The van der Waals surface area contributed by atoms with Gasteiger partial charge in [0.25, 0.3) is 0 Å². The quantitative estimate of drug-likeness (QED) is 0.493. The van der Waals surface area contributed by atoms with Gasteiger partial charge in [0, 0.05) is 6.04 Å². The molecule has 0 saturated carbocycles. The molecule has 0 aliphatic rings. The van der Waals surface area contributed by atoms with Gasteiger partial charge in [0.05, 0.1) is 0 Å². The van der Waals surface area contributed by atoms with Gasteiger partial charge in [-0.3, -0.25) is 5.32 Å². The zero-order valence-electron chi connectivity index (χ0n) is 5.44. The van der Waals surface area contributed by atoms with E-state index < -0.39 is 11.1 Å². The van der Waals surface area contributed by atoms with Gasteiger partial charge in [-0.15, -0.1) is 23.2 Å². The Hall–Kier alpha value is 0.500. The SMILES string of the molecule is CC(C)NC(O)C(Cl)Cl. The van der Waals surface area contributed by atoms with Crippen molar-refractivity contribution in [1.29, 1.82) is 0 Å². The van der Waals surface area contributed by atoms with Crippen LogP contribution in [0.4, 0.5) is 0 Å². The molecule has 0 spiro atoms. The van der Waals surface area contributed by atoms with Gasteiger partial charge < -0.3 is 5.11 Å². The molecule has 0 saturated heterocycles. The third kappa shape index (κ3) is 4.97. The zero-order chi connectivity index (χ0) is 7.44. The molecule has 0 amide bonds. The molecule has 0 aliphatic carbocycles.